The molecule has 0 saturated heterocycles. The van der Waals surface area contributed by atoms with E-state index >= 15 is 0 Å². The Balaban J connectivity index is 2.25. The van der Waals surface area contributed by atoms with Crippen LogP contribution in [0.5, 0.6) is 0 Å². The fraction of sp³-hybridized carbons (Fsp3) is 0.500. The van der Waals surface area contributed by atoms with Crippen LogP contribution in [0.15, 0.2) is 12.3 Å². The molecule has 0 unspecified atom stereocenters. The molecule has 1 amide bonds. The number of hydrogen-bond acceptors (Lipinski definition) is 3. The molecule has 0 aliphatic rings. The minimum Gasteiger partial charge on any atom is -0.360 e. The van der Waals surface area contributed by atoms with E-state index in [1.807, 2.05) is 0 Å². The van der Waals surface area contributed by atoms with Gasteiger partial charge in [0.1, 0.15) is 12.4 Å². The van der Waals surface area contributed by atoms with Gasteiger partial charge in [-0.3, -0.25) is 9.48 Å². The van der Waals surface area contributed by atoms with Gasteiger partial charge in [0.05, 0.1) is 6.54 Å². The molecule has 0 aromatic carbocycles. The van der Waals surface area contributed by atoms with Crippen molar-refractivity contribution in [3.8, 4) is 0 Å². The van der Waals surface area contributed by atoms with Crippen LogP contribution < -0.4 is 10.6 Å². The van der Waals surface area contributed by atoms with Crippen molar-refractivity contribution in [2.24, 2.45) is 7.05 Å². The minimum atomic E-state index is -4.39. The van der Waals surface area contributed by atoms with Crippen LogP contribution in [0, 0.1) is 0 Å². The van der Waals surface area contributed by atoms with Gasteiger partial charge in [0.25, 0.3) is 0 Å². The number of nitrogens with one attached hydrogen (secondary N) is 2. The molecule has 1 heterocycles. The van der Waals surface area contributed by atoms with E-state index in [1.165, 1.54) is 4.68 Å². The average Bonchev–Trinajstić information content (AvgIpc) is 2.57. The van der Waals surface area contributed by atoms with Gasteiger partial charge in [0.2, 0.25) is 5.91 Å². The molecule has 0 fully saturated rings. The van der Waals surface area contributed by atoms with Crippen molar-refractivity contribution in [1.29, 1.82) is 0 Å². The highest BCUT2D eigenvalue weighted by molar-refractivity contribution is 5.80. The Morgan fingerprint density at radius 2 is 2.25 bits per heavy atom. The first kappa shape index (κ1) is 12.3. The number of halogens is 3. The second-order valence-electron chi connectivity index (χ2n) is 3.12. The summed E-state index contributed by atoms with van der Waals surface area (Å²) in [7, 11) is 1.69. The summed E-state index contributed by atoms with van der Waals surface area (Å²) in [4.78, 5) is 11.0. The molecule has 0 atom stereocenters. The van der Waals surface area contributed by atoms with Crippen molar-refractivity contribution in [3.05, 3.63) is 12.3 Å². The summed E-state index contributed by atoms with van der Waals surface area (Å²) < 4.78 is 36.7. The van der Waals surface area contributed by atoms with Gasteiger partial charge in [-0.1, -0.05) is 0 Å². The van der Waals surface area contributed by atoms with Gasteiger partial charge in [0, 0.05) is 19.3 Å². The Labute approximate surface area is 89.6 Å². The third-order valence-corrected chi connectivity index (χ3v) is 1.63. The zero-order valence-electron chi connectivity index (χ0n) is 8.51. The molecule has 1 rings (SSSR count). The first-order valence-corrected chi connectivity index (χ1v) is 4.44. The predicted octanol–water partition coefficient (Wildman–Crippen LogP) is 0.510. The van der Waals surface area contributed by atoms with Crippen LogP contribution in [-0.4, -0.2) is 35.0 Å². The highest BCUT2D eigenvalue weighted by Crippen LogP contribution is 2.11. The number of amides is 1. The van der Waals surface area contributed by atoms with Gasteiger partial charge in [-0.15, -0.1) is 0 Å². The normalized spacial score (nSPS) is 11.2. The van der Waals surface area contributed by atoms with Gasteiger partial charge in [-0.2, -0.15) is 18.3 Å². The molecule has 1 aromatic rings. The zero-order valence-corrected chi connectivity index (χ0v) is 8.51. The van der Waals surface area contributed by atoms with Crippen LogP contribution in [0.2, 0.25) is 0 Å². The molecular weight excluding hydrogens is 225 g/mol. The molecule has 16 heavy (non-hydrogen) atoms. The van der Waals surface area contributed by atoms with Gasteiger partial charge < -0.3 is 10.6 Å². The lowest BCUT2D eigenvalue weighted by atomic mass is 10.5. The number of carbonyl (C=O) groups excluding carboxylic acids is 1. The summed E-state index contributed by atoms with van der Waals surface area (Å²) in [5.74, 6) is -0.298. The third-order valence-electron chi connectivity index (χ3n) is 1.63. The van der Waals surface area contributed by atoms with Crippen molar-refractivity contribution in [1.82, 2.24) is 15.1 Å². The van der Waals surface area contributed by atoms with Crippen molar-refractivity contribution < 1.29 is 18.0 Å². The van der Waals surface area contributed by atoms with E-state index in [0.717, 1.165) is 0 Å². The number of aromatic nitrogens is 2. The summed E-state index contributed by atoms with van der Waals surface area (Å²) >= 11 is 0. The smallest absolute Gasteiger partial charge is 0.360 e. The molecule has 0 aliphatic heterocycles. The summed E-state index contributed by atoms with van der Waals surface area (Å²) in [5, 5.41) is 8.22. The average molecular weight is 236 g/mol. The maximum Gasteiger partial charge on any atom is 0.405 e. The molecule has 0 saturated carbocycles. The Hall–Kier alpha value is -1.73. The van der Waals surface area contributed by atoms with E-state index in [0.29, 0.717) is 5.82 Å². The molecule has 1 aromatic heterocycles. The highest BCUT2D eigenvalue weighted by atomic mass is 19.4. The Kier molecular flexibility index (Phi) is 3.75. The van der Waals surface area contributed by atoms with Crippen LogP contribution in [0.4, 0.5) is 19.0 Å². The van der Waals surface area contributed by atoms with Crippen molar-refractivity contribution in [2.75, 3.05) is 18.4 Å². The first-order valence-electron chi connectivity index (χ1n) is 4.44. The lowest BCUT2D eigenvalue weighted by molar-refractivity contribution is -0.137. The van der Waals surface area contributed by atoms with Gasteiger partial charge in [-0.25, -0.2) is 0 Å². The zero-order chi connectivity index (χ0) is 12.2. The number of nitrogens with zero attached hydrogens (tertiary/aromatic N) is 2. The van der Waals surface area contributed by atoms with Crippen LogP contribution in [0.1, 0.15) is 0 Å². The van der Waals surface area contributed by atoms with E-state index in [1.54, 1.807) is 24.6 Å². The molecule has 2 N–H and O–H groups in total. The van der Waals surface area contributed by atoms with Crippen molar-refractivity contribution >= 4 is 11.7 Å². The Bertz CT molecular complexity index is 360. The molecular formula is C8H11F3N4O. The number of hydrogen-bond donors (Lipinski definition) is 2. The summed E-state index contributed by atoms with van der Waals surface area (Å²) in [6.45, 7) is -1.57. The second kappa shape index (κ2) is 4.86. The molecule has 90 valence electrons. The maximum absolute atomic E-state index is 11.7. The van der Waals surface area contributed by atoms with Crippen molar-refractivity contribution in [3.63, 3.8) is 0 Å². The molecule has 5 nitrogen and oxygen atoms in total. The summed E-state index contributed by atoms with van der Waals surface area (Å²) in [6.07, 6.45) is -2.74. The Morgan fingerprint density at radius 3 is 2.75 bits per heavy atom. The topological polar surface area (TPSA) is 59.0 Å². The van der Waals surface area contributed by atoms with Crippen LogP contribution in [-0.2, 0) is 11.8 Å². The van der Waals surface area contributed by atoms with Gasteiger partial charge in [0.15, 0.2) is 0 Å². The molecule has 8 heteroatoms. The maximum atomic E-state index is 11.7. The summed E-state index contributed by atoms with van der Waals surface area (Å²) in [5.41, 5.74) is 0. The number of anilines is 1. The lowest BCUT2D eigenvalue weighted by Crippen LogP contribution is -2.37. The molecule has 0 bridgehead atoms. The van der Waals surface area contributed by atoms with E-state index in [2.05, 4.69) is 10.4 Å². The number of alkyl halides is 3. The monoisotopic (exact) mass is 236 g/mol. The molecule has 0 aliphatic carbocycles. The van der Waals surface area contributed by atoms with Crippen molar-refractivity contribution in [2.45, 2.75) is 6.18 Å². The fourth-order valence-electron chi connectivity index (χ4n) is 0.941. The standard InChI is InChI=1S/C8H11F3N4O/c1-15-3-2-6(14-15)12-4-7(16)13-5-8(9,10)11/h2-3H,4-5H2,1H3,(H,12,14)(H,13,16). The first-order chi connectivity index (χ1) is 7.37. The van der Waals surface area contributed by atoms with Gasteiger partial charge in [-0.05, 0) is 0 Å². The lowest BCUT2D eigenvalue weighted by Gasteiger charge is -2.08. The van der Waals surface area contributed by atoms with Crippen LogP contribution in [0.3, 0.4) is 0 Å². The largest absolute Gasteiger partial charge is 0.405 e. The number of aryl methyl sites for hydroxylation is 1. The Morgan fingerprint density at radius 1 is 1.56 bits per heavy atom. The van der Waals surface area contributed by atoms with E-state index in [-0.39, 0.29) is 6.54 Å². The molecule has 0 radical (unpaired) electrons. The number of rotatable bonds is 4. The van der Waals surface area contributed by atoms with E-state index in [9.17, 15) is 18.0 Å². The number of carbonyl (C=O) groups is 1. The SMILES string of the molecule is Cn1ccc(NCC(=O)NCC(F)(F)F)n1. The second-order valence-corrected chi connectivity index (χ2v) is 3.12. The highest BCUT2D eigenvalue weighted by Gasteiger charge is 2.27. The van der Waals surface area contributed by atoms with Crippen LogP contribution in [0.25, 0.3) is 0 Å². The predicted molar refractivity (Wildman–Crippen MR) is 50.8 cm³/mol. The molecule has 0 spiro atoms. The van der Waals surface area contributed by atoms with E-state index in [4.69, 9.17) is 0 Å². The summed E-state index contributed by atoms with van der Waals surface area (Å²) in [6, 6.07) is 1.61. The third kappa shape index (κ3) is 4.67. The van der Waals surface area contributed by atoms with Crippen LogP contribution >= 0.6 is 0 Å². The quantitative estimate of drug-likeness (QED) is 0.800. The fourth-order valence-corrected chi connectivity index (χ4v) is 0.941. The van der Waals surface area contributed by atoms with Gasteiger partial charge >= 0.3 is 6.18 Å². The van der Waals surface area contributed by atoms with E-state index < -0.39 is 18.6 Å². The minimum absolute atomic E-state index is 0.243.